The van der Waals surface area contributed by atoms with E-state index >= 15 is 0 Å². The van der Waals surface area contributed by atoms with Gasteiger partial charge in [0.05, 0.1) is 26.5 Å². The Kier molecular flexibility index (Phi) is 6.20. The zero-order chi connectivity index (χ0) is 14.6. The van der Waals surface area contributed by atoms with Crippen molar-refractivity contribution >= 4 is 50.5 Å². The standard InChI is InChI=1S/C11H15Cl3N2O2S/c1-7(2)15-3-4-19(17,18)16-11-6-9(13)8(12)5-10(11)14/h5-7,15-16H,3-4H2,1-2H3. The van der Waals surface area contributed by atoms with E-state index < -0.39 is 10.0 Å². The number of halogens is 3. The second-order valence-corrected chi connectivity index (χ2v) is 7.34. The van der Waals surface area contributed by atoms with Gasteiger partial charge in [-0.05, 0) is 12.1 Å². The molecule has 0 aliphatic heterocycles. The predicted molar refractivity (Wildman–Crippen MR) is 82.0 cm³/mol. The molecule has 0 aliphatic carbocycles. The van der Waals surface area contributed by atoms with E-state index in [0.717, 1.165) is 0 Å². The average molecular weight is 346 g/mol. The Bertz CT molecular complexity index is 547. The molecule has 0 heterocycles. The summed E-state index contributed by atoms with van der Waals surface area (Å²) in [5, 5.41) is 3.74. The SMILES string of the molecule is CC(C)NCCS(=O)(=O)Nc1cc(Cl)c(Cl)cc1Cl. The Hall–Kier alpha value is -0.200. The fourth-order valence-corrected chi connectivity index (χ4v) is 2.94. The van der Waals surface area contributed by atoms with Gasteiger partial charge in [0.15, 0.2) is 0 Å². The maximum Gasteiger partial charge on any atom is 0.234 e. The molecule has 4 nitrogen and oxygen atoms in total. The zero-order valence-corrected chi connectivity index (χ0v) is 13.6. The number of nitrogens with one attached hydrogen (secondary N) is 2. The van der Waals surface area contributed by atoms with Crippen LogP contribution >= 0.6 is 34.8 Å². The Balaban J connectivity index is 2.76. The molecule has 1 aromatic carbocycles. The van der Waals surface area contributed by atoms with Crippen molar-refractivity contribution in [1.29, 1.82) is 0 Å². The second-order valence-electron chi connectivity index (χ2n) is 4.28. The van der Waals surface area contributed by atoms with Gasteiger partial charge in [0.2, 0.25) is 10.0 Å². The molecule has 0 fully saturated rings. The molecule has 19 heavy (non-hydrogen) atoms. The Morgan fingerprint density at radius 3 is 2.26 bits per heavy atom. The van der Waals surface area contributed by atoms with Gasteiger partial charge in [-0.3, -0.25) is 4.72 Å². The number of anilines is 1. The van der Waals surface area contributed by atoms with Crippen LogP contribution in [0, 0.1) is 0 Å². The summed E-state index contributed by atoms with van der Waals surface area (Å²) in [6.07, 6.45) is 0. The fraction of sp³-hybridized carbons (Fsp3) is 0.455. The lowest BCUT2D eigenvalue weighted by Gasteiger charge is -2.12. The van der Waals surface area contributed by atoms with Crippen molar-refractivity contribution in [3.05, 3.63) is 27.2 Å². The van der Waals surface area contributed by atoms with E-state index in [2.05, 4.69) is 10.0 Å². The molecule has 108 valence electrons. The average Bonchev–Trinajstić information content (AvgIpc) is 2.24. The molecule has 0 aromatic heterocycles. The van der Waals surface area contributed by atoms with Crippen LogP contribution in [0.4, 0.5) is 5.69 Å². The lowest BCUT2D eigenvalue weighted by Crippen LogP contribution is -2.31. The molecule has 0 aliphatic rings. The van der Waals surface area contributed by atoms with Crippen LogP contribution in [0.1, 0.15) is 13.8 Å². The van der Waals surface area contributed by atoms with Crippen LogP contribution in [-0.4, -0.2) is 26.8 Å². The summed E-state index contributed by atoms with van der Waals surface area (Å²) < 4.78 is 26.1. The highest BCUT2D eigenvalue weighted by atomic mass is 35.5. The van der Waals surface area contributed by atoms with E-state index in [0.29, 0.717) is 6.54 Å². The van der Waals surface area contributed by atoms with E-state index in [-0.39, 0.29) is 32.5 Å². The van der Waals surface area contributed by atoms with E-state index in [1.165, 1.54) is 12.1 Å². The molecule has 0 saturated carbocycles. The van der Waals surface area contributed by atoms with E-state index in [1.807, 2.05) is 13.8 Å². The molecule has 8 heteroatoms. The highest BCUT2D eigenvalue weighted by Crippen LogP contribution is 2.32. The van der Waals surface area contributed by atoms with Gasteiger partial charge in [0.25, 0.3) is 0 Å². The third kappa shape index (κ3) is 5.75. The van der Waals surface area contributed by atoms with Gasteiger partial charge < -0.3 is 5.32 Å². The van der Waals surface area contributed by atoms with Gasteiger partial charge in [-0.15, -0.1) is 0 Å². The van der Waals surface area contributed by atoms with Crippen LogP contribution in [-0.2, 0) is 10.0 Å². The highest BCUT2D eigenvalue weighted by molar-refractivity contribution is 7.92. The molecule has 0 spiro atoms. The molecule has 0 amide bonds. The lowest BCUT2D eigenvalue weighted by molar-refractivity contribution is 0.582. The van der Waals surface area contributed by atoms with Crippen molar-refractivity contribution in [2.24, 2.45) is 0 Å². The maximum atomic E-state index is 11.8. The quantitative estimate of drug-likeness (QED) is 0.777. The lowest BCUT2D eigenvalue weighted by atomic mass is 10.3. The first-order chi connectivity index (χ1) is 8.71. The molecule has 0 unspecified atom stereocenters. The van der Waals surface area contributed by atoms with Gasteiger partial charge in [-0.1, -0.05) is 48.7 Å². The Morgan fingerprint density at radius 2 is 1.68 bits per heavy atom. The van der Waals surface area contributed by atoms with Gasteiger partial charge >= 0.3 is 0 Å². The van der Waals surface area contributed by atoms with Gasteiger partial charge in [-0.2, -0.15) is 0 Å². The number of hydrogen-bond donors (Lipinski definition) is 2. The van der Waals surface area contributed by atoms with E-state index in [9.17, 15) is 8.42 Å². The predicted octanol–water partition coefficient (Wildman–Crippen LogP) is 3.39. The smallest absolute Gasteiger partial charge is 0.234 e. The minimum absolute atomic E-state index is 0.0538. The molecule has 2 N–H and O–H groups in total. The maximum absolute atomic E-state index is 11.8. The molecule has 0 atom stereocenters. The van der Waals surface area contributed by atoms with Crippen LogP contribution in [0.3, 0.4) is 0 Å². The zero-order valence-electron chi connectivity index (χ0n) is 10.5. The highest BCUT2D eigenvalue weighted by Gasteiger charge is 2.14. The molecular formula is C11H15Cl3N2O2S. The second kappa shape index (κ2) is 6.99. The third-order valence-corrected chi connectivity index (χ3v) is 4.51. The summed E-state index contributed by atoms with van der Waals surface area (Å²) in [6, 6.07) is 3.01. The summed E-state index contributed by atoms with van der Waals surface area (Å²) in [5.74, 6) is -0.0538. The summed E-state index contributed by atoms with van der Waals surface area (Å²) in [7, 11) is -3.48. The van der Waals surface area contributed by atoms with Crippen LogP contribution < -0.4 is 10.0 Å². The van der Waals surface area contributed by atoms with Gasteiger partial charge in [0.1, 0.15) is 0 Å². The monoisotopic (exact) mass is 344 g/mol. The van der Waals surface area contributed by atoms with Crippen molar-refractivity contribution in [2.45, 2.75) is 19.9 Å². The molecule has 0 radical (unpaired) electrons. The Labute approximate surface area is 128 Å². The summed E-state index contributed by atoms with van der Waals surface area (Å²) in [6.45, 7) is 4.23. The normalized spacial score (nSPS) is 11.9. The molecule has 0 saturated heterocycles. The number of sulfonamides is 1. The van der Waals surface area contributed by atoms with Crippen molar-refractivity contribution in [2.75, 3.05) is 17.0 Å². The first-order valence-corrected chi connectivity index (χ1v) is 8.38. The minimum Gasteiger partial charge on any atom is -0.313 e. The fourth-order valence-electron chi connectivity index (χ4n) is 1.30. The molecule has 1 aromatic rings. The topological polar surface area (TPSA) is 58.2 Å². The van der Waals surface area contributed by atoms with Crippen LogP contribution in [0.25, 0.3) is 0 Å². The number of rotatable bonds is 6. The van der Waals surface area contributed by atoms with Crippen molar-refractivity contribution in [3.8, 4) is 0 Å². The van der Waals surface area contributed by atoms with Crippen molar-refractivity contribution in [3.63, 3.8) is 0 Å². The van der Waals surface area contributed by atoms with E-state index in [4.69, 9.17) is 34.8 Å². The van der Waals surface area contributed by atoms with Crippen LogP contribution in [0.2, 0.25) is 15.1 Å². The number of hydrogen-bond acceptors (Lipinski definition) is 3. The summed E-state index contributed by atoms with van der Waals surface area (Å²) in [4.78, 5) is 0. The minimum atomic E-state index is -3.48. The number of benzene rings is 1. The largest absolute Gasteiger partial charge is 0.313 e. The Morgan fingerprint density at radius 1 is 1.11 bits per heavy atom. The first-order valence-electron chi connectivity index (χ1n) is 5.59. The first kappa shape index (κ1) is 16.9. The summed E-state index contributed by atoms with van der Waals surface area (Å²) in [5.41, 5.74) is 0.223. The summed E-state index contributed by atoms with van der Waals surface area (Å²) >= 11 is 17.5. The van der Waals surface area contributed by atoms with Crippen molar-refractivity contribution in [1.82, 2.24) is 5.32 Å². The van der Waals surface area contributed by atoms with Crippen molar-refractivity contribution < 1.29 is 8.42 Å². The molecular weight excluding hydrogens is 331 g/mol. The van der Waals surface area contributed by atoms with Crippen LogP contribution in [0.15, 0.2) is 12.1 Å². The molecule has 1 rings (SSSR count). The van der Waals surface area contributed by atoms with Crippen LogP contribution in [0.5, 0.6) is 0 Å². The van der Waals surface area contributed by atoms with E-state index in [1.54, 1.807) is 0 Å². The molecule has 0 bridgehead atoms. The van der Waals surface area contributed by atoms with Gasteiger partial charge in [0, 0.05) is 12.6 Å². The third-order valence-electron chi connectivity index (χ3n) is 2.20. The van der Waals surface area contributed by atoms with Gasteiger partial charge in [-0.25, -0.2) is 8.42 Å².